The molecule has 8 heteroatoms. The third-order valence-corrected chi connectivity index (χ3v) is 3.45. The van der Waals surface area contributed by atoms with E-state index in [9.17, 15) is 17.6 Å². The number of aromatic nitrogens is 2. The Morgan fingerprint density at radius 2 is 1.62 bits per heavy atom. The standard InChI is InChI=1S/C13H6BrF4N3/c14-5-1-2-8-9(3-5)21(13(19)20-8)12-10(17)6(15)4-7(16)11(12)18/h1-4H,(H2,19,20). The van der Waals surface area contributed by atoms with Gasteiger partial charge in [-0.25, -0.2) is 22.5 Å². The fraction of sp³-hybridized carbons (Fsp3) is 0. The van der Waals surface area contributed by atoms with Gasteiger partial charge in [0.05, 0.1) is 11.0 Å². The van der Waals surface area contributed by atoms with E-state index in [1.54, 1.807) is 12.1 Å². The van der Waals surface area contributed by atoms with Gasteiger partial charge in [-0.1, -0.05) is 15.9 Å². The van der Waals surface area contributed by atoms with Gasteiger partial charge in [-0.2, -0.15) is 0 Å². The maximum Gasteiger partial charge on any atom is 0.206 e. The summed E-state index contributed by atoms with van der Waals surface area (Å²) >= 11 is 3.20. The van der Waals surface area contributed by atoms with Crippen molar-refractivity contribution in [3.8, 4) is 5.69 Å². The van der Waals surface area contributed by atoms with E-state index in [2.05, 4.69) is 20.9 Å². The van der Waals surface area contributed by atoms with Gasteiger partial charge < -0.3 is 5.73 Å². The van der Waals surface area contributed by atoms with Gasteiger partial charge in [0.15, 0.2) is 23.3 Å². The summed E-state index contributed by atoms with van der Waals surface area (Å²) in [4.78, 5) is 3.91. The molecule has 0 fully saturated rings. The topological polar surface area (TPSA) is 43.8 Å². The van der Waals surface area contributed by atoms with E-state index in [4.69, 9.17) is 5.73 Å². The number of halogens is 5. The van der Waals surface area contributed by atoms with Crippen LogP contribution in [0.15, 0.2) is 28.7 Å². The first-order valence-corrected chi connectivity index (χ1v) is 6.46. The van der Waals surface area contributed by atoms with E-state index in [1.165, 1.54) is 6.07 Å². The Labute approximate surface area is 124 Å². The highest BCUT2D eigenvalue weighted by molar-refractivity contribution is 9.10. The average molecular weight is 360 g/mol. The molecule has 3 aromatic rings. The van der Waals surface area contributed by atoms with E-state index in [-0.39, 0.29) is 17.5 Å². The number of nitrogens with two attached hydrogens (primary N) is 1. The van der Waals surface area contributed by atoms with Crippen LogP contribution in [0.25, 0.3) is 16.7 Å². The zero-order valence-corrected chi connectivity index (χ0v) is 11.8. The zero-order valence-electron chi connectivity index (χ0n) is 10.2. The SMILES string of the molecule is Nc1nc2ccc(Br)cc2n1-c1c(F)c(F)cc(F)c1F. The lowest BCUT2D eigenvalue weighted by Gasteiger charge is -2.10. The first-order chi connectivity index (χ1) is 9.90. The van der Waals surface area contributed by atoms with Crippen LogP contribution in [0.4, 0.5) is 23.5 Å². The number of anilines is 1. The quantitative estimate of drug-likeness (QED) is 0.528. The van der Waals surface area contributed by atoms with Crippen LogP contribution < -0.4 is 5.73 Å². The summed E-state index contributed by atoms with van der Waals surface area (Å²) in [7, 11) is 0. The number of benzene rings is 2. The van der Waals surface area contributed by atoms with Gasteiger partial charge in [-0.15, -0.1) is 0 Å². The molecule has 3 nitrogen and oxygen atoms in total. The monoisotopic (exact) mass is 359 g/mol. The Morgan fingerprint density at radius 3 is 2.24 bits per heavy atom. The minimum Gasteiger partial charge on any atom is -0.369 e. The van der Waals surface area contributed by atoms with Crippen molar-refractivity contribution < 1.29 is 17.6 Å². The molecule has 108 valence electrons. The van der Waals surface area contributed by atoms with Crippen molar-refractivity contribution >= 4 is 32.9 Å². The van der Waals surface area contributed by atoms with Gasteiger partial charge in [-0.3, -0.25) is 4.57 Å². The number of hydrogen-bond donors (Lipinski definition) is 1. The number of nitrogens with zero attached hydrogens (tertiary/aromatic N) is 2. The van der Waals surface area contributed by atoms with E-state index in [0.717, 1.165) is 4.57 Å². The number of imidazole rings is 1. The summed E-state index contributed by atoms with van der Waals surface area (Å²) in [5.41, 5.74) is 5.24. The van der Waals surface area contributed by atoms with Gasteiger partial charge in [0.1, 0.15) is 5.69 Å². The molecular weight excluding hydrogens is 354 g/mol. The average Bonchev–Trinajstić information content (AvgIpc) is 2.73. The summed E-state index contributed by atoms with van der Waals surface area (Å²) in [6, 6.07) is 4.83. The molecule has 0 atom stereocenters. The van der Waals surface area contributed by atoms with Crippen LogP contribution >= 0.6 is 15.9 Å². The molecule has 0 aliphatic carbocycles. The second-order valence-electron chi connectivity index (χ2n) is 4.26. The molecule has 0 saturated heterocycles. The van der Waals surface area contributed by atoms with Crippen LogP contribution in [0.3, 0.4) is 0 Å². The molecule has 0 bridgehead atoms. The van der Waals surface area contributed by atoms with Crippen molar-refractivity contribution in [2.24, 2.45) is 0 Å². The minimum atomic E-state index is -1.54. The molecule has 1 heterocycles. The predicted molar refractivity (Wildman–Crippen MR) is 73.0 cm³/mol. The van der Waals surface area contributed by atoms with Crippen LogP contribution in [0.5, 0.6) is 0 Å². The minimum absolute atomic E-state index is 0.138. The van der Waals surface area contributed by atoms with Crippen LogP contribution in [-0.4, -0.2) is 9.55 Å². The summed E-state index contributed by atoms with van der Waals surface area (Å²) in [5, 5.41) is 0. The van der Waals surface area contributed by atoms with Crippen molar-refractivity contribution in [1.82, 2.24) is 9.55 Å². The second kappa shape index (κ2) is 4.73. The van der Waals surface area contributed by atoms with Crippen molar-refractivity contribution in [2.75, 3.05) is 5.73 Å². The van der Waals surface area contributed by atoms with Crippen LogP contribution in [0, 0.1) is 23.3 Å². The highest BCUT2D eigenvalue weighted by atomic mass is 79.9. The maximum absolute atomic E-state index is 13.9. The molecule has 1 aromatic heterocycles. The first kappa shape index (κ1) is 13.9. The Bertz CT molecular complexity index is 849. The Morgan fingerprint density at radius 1 is 1.00 bits per heavy atom. The largest absolute Gasteiger partial charge is 0.369 e. The van der Waals surface area contributed by atoms with Crippen LogP contribution in [0.1, 0.15) is 0 Å². The summed E-state index contributed by atoms with van der Waals surface area (Å²) < 4.78 is 56.0. The lowest BCUT2D eigenvalue weighted by Crippen LogP contribution is -2.09. The highest BCUT2D eigenvalue weighted by Crippen LogP contribution is 2.30. The molecule has 0 saturated carbocycles. The molecule has 2 N–H and O–H groups in total. The van der Waals surface area contributed by atoms with Gasteiger partial charge in [0, 0.05) is 10.5 Å². The molecule has 2 aromatic carbocycles. The maximum atomic E-state index is 13.9. The van der Waals surface area contributed by atoms with E-state index in [0.29, 0.717) is 9.99 Å². The van der Waals surface area contributed by atoms with Crippen molar-refractivity contribution in [3.05, 3.63) is 52.0 Å². The summed E-state index contributed by atoms with van der Waals surface area (Å²) in [6.07, 6.45) is 0. The second-order valence-corrected chi connectivity index (χ2v) is 5.17. The normalized spacial score (nSPS) is 11.3. The van der Waals surface area contributed by atoms with Gasteiger partial charge in [0.2, 0.25) is 5.95 Å². The smallest absolute Gasteiger partial charge is 0.206 e. The number of nitrogen functional groups attached to an aromatic ring is 1. The third-order valence-electron chi connectivity index (χ3n) is 2.95. The molecule has 0 spiro atoms. The molecule has 21 heavy (non-hydrogen) atoms. The summed E-state index contributed by atoms with van der Waals surface area (Å²) in [5.74, 6) is -6.40. The van der Waals surface area contributed by atoms with E-state index < -0.39 is 29.0 Å². The molecule has 3 rings (SSSR count). The first-order valence-electron chi connectivity index (χ1n) is 5.67. The number of fused-ring (bicyclic) bond motifs is 1. The van der Waals surface area contributed by atoms with Crippen molar-refractivity contribution in [1.29, 1.82) is 0 Å². The van der Waals surface area contributed by atoms with Gasteiger partial charge in [-0.05, 0) is 18.2 Å². The van der Waals surface area contributed by atoms with Gasteiger partial charge in [0.25, 0.3) is 0 Å². The fourth-order valence-corrected chi connectivity index (χ4v) is 2.41. The van der Waals surface area contributed by atoms with Crippen molar-refractivity contribution in [2.45, 2.75) is 0 Å². The highest BCUT2D eigenvalue weighted by Gasteiger charge is 2.24. The van der Waals surface area contributed by atoms with E-state index >= 15 is 0 Å². The van der Waals surface area contributed by atoms with Gasteiger partial charge >= 0.3 is 0 Å². The zero-order chi connectivity index (χ0) is 15.3. The summed E-state index contributed by atoms with van der Waals surface area (Å²) in [6.45, 7) is 0. The molecule has 0 aliphatic rings. The Balaban J connectivity index is 2.46. The lowest BCUT2D eigenvalue weighted by molar-refractivity contribution is 0.449. The Hall–Kier alpha value is -2.09. The lowest BCUT2D eigenvalue weighted by atomic mass is 10.2. The number of hydrogen-bond acceptors (Lipinski definition) is 2. The third kappa shape index (κ3) is 2.06. The molecule has 0 aliphatic heterocycles. The molecular formula is C13H6BrF4N3. The molecule has 0 radical (unpaired) electrons. The molecule has 0 unspecified atom stereocenters. The molecule has 0 amide bonds. The Kier molecular flexibility index (Phi) is 3.12. The number of rotatable bonds is 1. The fourth-order valence-electron chi connectivity index (χ4n) is 2.06. The van der Waals surface area contributed by atoms with Crippen molar-refractivity contribution in [3.63, 3.8) is 0 Å². The predicted octanol–water partition coefficient (Wildman–Crippen LogP) is 3.93. The van der Waals surface area contributed by atoms with E-state index in [1.807, 2.05) is 0 Å². The van der Waals surface area contributed by atoms with Crippen LogP contribution in [-0.2, 0) is 0 Å². The van der Waals surface area contributed by atoms with Crippen LogP contribution in [0.2, 0.25) is 0 Å².